The van der Waals surface area contributed by atoms with Gasteiger partial charge in [-0.3, -0.25) is 9.59 Å². The molecule has 0 fully saturated rings. The SMILES string of the molecule is Cc1ccc(C(=O)N[C@H](C)c2ccc(-n3ccnc3)cc2)cc1NC(=O)c1ccccc1. The summed E-state index contributed by atoms with van der Waals surface area (Å²) in [5, 5.41) is 5.93. The third-order valence-electron chi connectivity index (χ3n) is 5.33. The van der Waals surface area contributed by atoms with E-state index in [0.29, 0.717) is 16.8 Å². The van der Waals surface area contributed by atoms with Gasteiger partial charge >= 0.3 is 0 Å². The summed E-state index contributed by atoms with van der Waals surface area (Å²) in [6.45, 7) is 3.84. The molecule has 1 atom stereocenters. The van der Waals surface area contributed by atoms with E-state index in [1.54, 1.807) is 36.8 Å². The van der Waals surface area contributed by atoms with E-state index in [9.17, 15) is 9.59 Å². The number of amides is 2. The van der Waals surface area contributed by atoms with Crippen molar-refractivity contribution in [3.63, 3.8) is 0 Å². The van der Waals surface area contributed by atoms with Gasteiger partial charge in [-0.15, -0.1) is 0 Å². The van der Waals surface area contributed by atoms with Crippen molar-refractivity contribution in [1.29, 1.82) is 0 Å². The van der Waals surface area contributed by atoms with Gasteiger partial charge in [0.2, 0.25) is 0 Å². The van der Waals surface area contributed by atoms with Gasteiger partial charge in [0, 0.05) is 34.9 Å². The number of hydrogen-bond acceptors (Lipinski definition) is 3. The van der Waals surface area contributed by atoms with Gasteiger partial charge in [0.15, 0.2) is 0 Å². The number of aryl methyl sites for hydroxylation is 1. The maximum Gasteiger partial charge on any atom is 0.255 e. The zero-order chi connectivity index (χ0) is 22.5. The summed E-state index contributed by atoms with van der Waals surface area (Å²) in [5.41, 5.74) is 4.54. The summed E-state index contributed by atoms with van der Waals surface area (Å²) in [4.78, 5) is 29.4. The Morgan fingerprint density at radius 2 is 1.66 bits per heavy atom. The monoisotopic (exact) mass is 424 g/mol. The molecule has 6 nitrogen and oxygen atoms in total. The fourth-order valence-corrected chi connectivity index (χ4v) is 3.39. The van der Waals surface area contributed by atoms with Crippen LogP contribution in [0.5, 0.6) is 0 Å². The van der Waals surface area contributed by atoms with Gasteiger partial charge in [0.05, 0.1) is 12.4 Å². The number of nitrogens with one attached hydrogen (secondary N) is 2. The van der Waals surface area contributed by atoms with Crippen LogP contribution in [-0.4, -0.2) is 21.4 Å². The van der Waals surface area contributed by atoms with E-state index in [2.05, 4.69) is 15.6 Å². The third-order valence-corrected chi connectivity index (χ3v) is 5.33. The van der Waals surface area contributed by atoms with Crippen LogP contribution >= 0.6 is 0 Å². The predicted molar refractivity (Wildman–Crippen MR) is 125 cm³/mol. The highest BCUT2D eigenvalue weighted by Crippen LogP contribution is 2.20. The average Bonchev–Trinajstić information content (AvgIpc) is 3.36. The van der Waals surface area contributed by atoms with Crippen LogP contribution in [0.1, 0.15) is 44.8 Å². The highest BCUT2D eigenvalue weighted by molar-refractivity contribution is 6.05. The fraction of sp³-hybridized carbons (Fsp3) is 0.115. The molecule has 4 aromatic rings. The van der Waals surface area contributed by atoms with Gasteiger partial charge in [-0.05, 0) is 61.4 Å². The van der Waals surface area contributed by atoms with E-state index in [0.717, 1.165) is 16.8 Å². The van der Waals surface area contributed by atoms with E-state index in [-0.39, 0.29) is 17.9 Å². The Morgan fingerprint density at radius 3 is 2.34 bits per heavy atom. The number of hydrogen-bond donors (Lipinski definition) is 2. The van der Waals surface area contributed by atoms with Crippen molar-refractivity contribution in [2.45, 2.75) is 19.9 Å². The normalized spacial score (nSPS) is 11.6. The van der Waals surface area contributed by atoms with Crippen LogP contribution in [0.3, 0.4) is 0 Å². The first kappa shape index (κ1) is 21.1. The molecule has 0 radical (unpaired) electrons. The number of anilines is 1. The van der Waals surface area contributed by atoms with Crippen molar-refractivity contribution in [3.8, 4) is 5.69 Å². The molecule has 6 heteroatoms. The Balaban J connectivity index is 1.45. The number of rotatable bonds is 6. The van der Waals surface area contributed by atoms with Crippen LogP contribution in [0.25, 0.3) is 5.69 Å². The molecule has 2 amide bonds. The second-order valence-electron chi connectivity index (χ2n) is 7.61. The number of nitrogens with zero attached hydrogens (tertiary/aromatic N) is 2. The molecule has 0 spiro atoms. The zero-order valence-electron chi connectivity index (χ0n) is 17.9. The molecule has 160 valence electrons. The lowest BCUT2D eigenvalue weighted by Crippen LogP contribution is -2.26. The van der Waals surface area contributed by atoms with Crippen LogP contribution in [0, 0.1) is 6.92 Å². The molecular weight excluding hydrogens is 400 g/mol. The van der Waals surface area contributed by atoms with Gasteiger partial charge in [-0.2, -0.15) is 0 Å². The van der Waals surface area contributed by atoms with Crippen LogP contribution in [-0.2, 0) is 0 Å². The molecule has 4 rings (SSSR count). The fourth-order valence-electron chi connectivity index (χ4n) is 3.39. The third kappa shape index (κ3) is 4.75. The number of aromatic nitrogens is 2. The Labute approximate surface area is 186 Å². The van der Waals surface area contributed by atoms with Crippen LogP contribution < -0.4 is 10.6 Å². The van der Waals surface area contributed by atoms with E-state index in [1.807, 2.05) is 73.1 Å². The van der Waals surface area contributed by atoms with Crippen LogP contribution in [0.4, 0.5) is 5.69 Å². The number of imidazole rings is 1. The molecule has 1 heterocycles. The Bertz CT molecular complexity index is 1220. The Hall–Kier alpha value is -4.19. The summed E-state index contributed by atoms with van der Waals surface area (Å²) in [6.07, 6.45) is 5.35. The minimum atomic E-state index is -0.211. The smallest absolute Gasteiger partial charge is 0.255 e. The molecule has 3 aromatic carbocycles. The summed E-state index contributed by atoms with van der Waals surface area (Å²) in [5.74, 6) is -0.413. The van der Waals surface area contributed by atoms with E-state index in [1.165, 1.54) is 0 Å². The Kier molecular flexibility index (Phi) is 6.12. The zero-order valence-corrected chi connectivity index (χ0v) is 17.9. The molecule has 0 saturated carbocycles. The van der Waals surface area contributed by atoms with E-state index < -0.39 is 0 Å². The summed E-state index contributed by atoms with van der Waals surface area (Å²) < 4.78 is 1.92. The van der Waals surface area contributed by atoms with Crippen molar-refractivity contribution < 1.29 is 9.59 Å². The molecule has 1 aromatic heterocycles. The first-order valence-corrected chi connectivity index (χ1v) is 10.4. The molecule has 0 aliphatic carbocycles. The molecule has 0 saturated heterocycles. The molecular formula is C26H24N4O2. The topological polar surface area (TPSA) is 76.0 Å². The van der Waals surface area contributed by atoms with Gasteiger partial charge in [0.1, 0.15) is 0 Å². The van der Waals surface area contributed by atoms with Crippen molar-refractivity contribution >= 4 is 17.5 Å². The lowest BCUT2D eigenvalue weighted by molar-refractivity contribution is 0.0938. The van der Waals surface area contributed by atoms with Crippen LogP contribution in [0.2, 0.25) is 0 Å². The lowest BCUT2D eigenvalue weighted by atomic mass is 10.1. The molecule has 2 N–H and O–H groups in total. The minimum Gasteiger partial charge on any atom is -0.346 e. The molecule has 32 heavy (non-hydrogen) atoms. The van der Waals surface area contributed by atoms with E-state index in [4.69, 9.17) is 0 Å². The van der Waals surface area contributed by atoms with Crippen molar-refractivity contribution in [3.05, 3.63) is 114 Å². The maximum absolute atomic E-state index is 12.9. The molecule has 0 unspecified atom stereocenters. The minimum absolute atomic E-state index is 0.178. The largest absolute Gasteiger partial charge is 0.346 e. The second-order valence-corrected chi connectivity index (χ2v) is 7.61. The van der Waals surface area contributed by atoms with Gasteiger partial charge in [-0.25, -0.2) is 4.98 Å². The highest BCUT2D eigenvalue weighted by atomic mass is 16.2. The van der Waals surface area contributed by atoms with Gasteiger partial charge < -0.3 is 15.2 Å². The molecule has 0 bridgehead atoms. The predicted octanol–water partition coefficient (Wildman–Crippen LogP) is 4.92. The average molecular weight is 425 g/mol. The summed E-state index contributed by atoms with van der Waals surface area (Å²) >= 11 is 0. The van der Waals surface area contributed by atoms with Gasteiger partial charge in [-0.1, -0.05) is 36.4 Å². The lowest BCUT2D eigenvalue weighted by Gasteiger charge is -2.16. The highest BCUT2D eigenvalue weighted by Gasteiger charge is 2.14. The van der Waals surface area contributed by atoms with Crippen LogP contribution in [0.15, 0.2) is 91.5 Å². The van der Waals surface area contributed by atoms with Gasteiger partial charge in [0.25, 0.3) is 11.8 Å². The Morgan fingerprint density at radius 1 is 0.906 bits per heavy atom. The second kappa shape index (κ2) is 9.31. The number of benzene rings is 3. The first-order chi connectivity index (χ1) is 15.5. The van der Waals surface area contributed by atoms with E-state index >= 15 is 0 Å². The summed E-state index contributed by atoms with van der Waals surface area (Å²) in [7, 11) is 0. The molecule has 0 aliphatic rings. The van der Waals surface area contributed by atoms with Crippen molar-refractivity contribution in [2.24, 2.45) is 0 Å². The standard InChI is InChI=1S/C26H24N4O2/c1-18-8-9-22(16-24(18)29-25(31)21-6-4-3-5-7-21)26(32)28-19(2)20-10-12-23(13-11-20)30-15-14-27-17-30/h3-17,19H,1-2H3,(H,28,32)(H,29,31)/t19-/m1/s1. The van der Waals surface area contributed by atoms with Crippen molar-refractivity contribution in [1.82, 2.24) is 14.9 Å². The number of carbonyl (C=O) groups excluding carboxylic acids is 2. The first-order valence-electron chi connectivity index (χ1n) is 10.4. The number of carbonyl (C=O) groups is 2. The quantitative estimate of drug-likeness (QED) is 0.461. The summed E-state index contributed by atoms with van der Waals surface area (Å²) in [6, 6.07) is 22.1. The maximum atomic E-state index is 12.9. The van der Waals surface area contributed by atoms with Crippen molar-refractivity contribution in [2.75, 3.05) is 5.32 Å². The molecule has 0 aliphatic heterocycles.